The summed E-state index contributed by atoms with van der Waals surface area (Å²) >= 11 is 0. The van der Waals surface area contributed by atoms with E-state index in [0.29, 0.717) is 37.8 Å². The third-order valence-corrected chi connectivity index (χ3v) is 17.2. The summed E-state index contributed by atoms with van der Waals surface area (Å²) in [5.74, 6) is 9.18. The van der Waals surface area contributed by atoms with Crippen LogP contribution in [0.2, 0.25) is 0 Å². The van der Waals surface area contributed by atoms with Crippen molar-refractivity contribution in [3.05, 3.63) is 89.9 Å². The van der Waals surface area contributed by atoms with Gasteiger partial charge in [-0.05, 0) is 116 Å². The molecule has 4 aromatic rings. The second kappa shape index (κ2) is 19.2. The minimum atomic E-state index is -0.701. The number of nitrogens with zero attached hydrogens (tertiary/aromatic N) is 5. The number of likely N-dealkylation sites (tertiary alicyclic amines) is 2. The number of hydrogen-bond acceptors (Lipinski definition) is 11. The molecule has 2 amide bonds. The Morgan fingerprint density at radius 1 is 0.971 bits per heavy atom. The molecule has 368 valence electrons. The number of nitrogens with one attached hydrogen (secondary N) is 2. The molecule has 6 heterocycles. The Bertz CT molecular complexity index is 2580. The molecule has 2 bridgehead atoms. The van der Waals surface area contributed by atoms with Gasteiger partial charge in [-0.1, -0.05) is 48.6 Å². The maximum atomic E-state index is 14.5. The van der Waals surface area contributed by atoms with Crippen molar-refractivity contribution in [2.45, 2.75) is 126 Å². The van der Waals surface area contributed by atoms with Crippen molar-refractivity contribution in [3.63, 3.8) is 0 Å². The number of benzene rings is 2. The zero-order valence-corrected chi connectivity index (χ0v) is 40.3. The van der Waals surface area contributed by atoms with Gasteiger partial charge in [0.15, 0.2) is 18.3 Å². The van der Waals surface area contributed by atoms with Gasteiger partial charge in [-0.3, -0.25) is 9.69 Å². The molecule has 2 aromatic heterocycles. The number of hydrogen-bond donors (Lipinski definition) is 5. The van der Waals surface area contributed by atoms with Crippen LogP contribution in [0.1, 0.15) is 118 Å². The molecule has 11 rings (SSSR count). The van der Waals surface area contributed by atoms with Gasteiger partial charge in [0.05, 0.1) is 43.0 Å². The van der Waals surface area contributed by atoms with Crippen LogP contribution < -0.4 is 16.5 Å². The molecule has 0 radical (unpaired) electrons. The summed E-state index contributed by atoms with van der Waals surface area (Å²) in [6.45, 7) is 5.53. The number of aliphatic hydroxyl groups is 1. The smallest absolute Gasteiger partial charge is 0.407 e. The number of methoxy groups -OCH3 is 2. The third kappa shape index (κ3) is 9.01. The second-order valence-corrected chi connectivity index (χ2v) is 21.2. The Balaban J connectivity index is 0.769. The molecular weight excluding hydrogens is 875 g/mol. The predicted octanol–water partition coefficient (Wildman–Crippen LogP) is 5.67. The number of aliphatic hydroxyl groups excluding tert-OH is 1. The molecule has 3 aliphatic carbocycles. The van der Waals surface area contributed by atoms with Crippen LogP contribution in [-0.2, 0) is 23.7 Å². The first kappa shape index (κ1) is 46.3. The summed E-state index contributed by atoms with van der Waals surface area (Å²) in [5.41, 5.74) is 5.39. The van der Waals surface area contributed by atoms with Gasteiger partial charge in [0, 0.05) is 70.4 Å². The molecule has 2 aromatic carbocycles. The summed E-state index contributed by atoms with van der Waals surface area (Å²) in [4.78, 5) is 44.9. The Morgan fingerprint density at radius 2 is 1.72 bits per heavy atom. The van der Waals surface area contributed by atoms with Gasteiger partial charge in [-0.2, -0.15) is 0 Å². The van der Waals surface area contributed by atoms with Crippen molar-refractivity contribution in [1.82, 2.24) is 34.7 Å². The zero-order chi connectivity index (χ0) is 47.4. The Morgan fingerprint density at radius 3 is 2.45 bits per heavy atom. The van der Waals surface area contributed by atoms with E-state index in [1.807, 2.05) is 17.3 Å². The van der Waals surface area contributed by atoms with Gasteiger partial charge < -0.3 is 50.4 Å². The molecule has 6 fully saturated rings. The molecule has 69 heavy (non-hydrogen) atoms. The highest BCUT2D eigenvalue weighted by Gasteiger charge is 2.56. The predicted molar refractivity (Wildman–Crippen MR) is 259 cm³/mol. The first-order valence-corrected chi connectivity index (χ1v) is 25.5. The fourth-order valence-corrected chi connectivity index (χ4v) is 13.0. The Kier molecular flexibility index (Phi) is 12.9. The minimum Gasteiger partial charge on any atom is -0.453 e. The lowest BCUT2D eigenvalue weighted by Gasteiger charge is -2.39. The van der Waals surface area contributed by atoms with Gasteiger partial charge in [0.1, 0.15) is 17.9 Å². The van der Waals surface area contributed by atoms with Crippen LogP contribution in [0.15, 0.2) is 67.0 Å². The molecule has 4 saturated heterocycles. The number of H-pyrrole nitrogens is 1. The highest BCUT2D eigenvalue weighted by atomic mass is 16.5. The molecule has 7 aliphatic rings. The average Bonchev–Trinajstić information content (AvgIpc) is 3.98. The largest absolute Gasteiger partial charge is 0.453 e. The Hall–Kier alpha value is -5.10. The summed E-state index contributed by atoms with van der Waals surface area (Å²) in [6, 6.07) is 12.5. The number of nitrogens with two attached hydrogens (primary N) is 2. The van der Waals surface area contributed by atoms with E-state index >= 15 is 0 Å². The number of alkyl carbamates (subject to hydrolysis) is 1. The third-order valence-electron chi connectivity index (χ3n) is 17.2. The number of piperidine rings is 1. The maximum Gasteiger partial charge on any atom is 0.407 e. The minimum absolute atomic E-state index is 0.0142. The lowest BCUT2D eigenvalue weighted by atomic mass is 9.88. The highest BCUT2D eigenvalue weighted by Crippen LogP contribution is 2.59. The number of amides is 2. The van der Waals surface area contributed by atoms with Gasteiger partial charge in [-0.15, -0.1) is 0 Å². The van der Waals surface area contributed by atoms with Gasteiger partial charge in [0.25, 0.3) is 0 Å². The van der Waals surface area contributed by atoms with E-state index in [2.05, 4.69) is 82.1 Å². The number of aromatic nitrogens is 4. The zero-order valence-electron chi connectivity index (χ0n) is 40.3. The molecule has 16 heteroatoms. The number of quaternary nitrogens is 1. The van der Waals surface area contributed by atoms with Crippen molar-refractivity contribution in [2.24, 2.45) is 23.2 Å². The number of allylic oxidation sites excluding steroid dienone is 4. The van der Waals surface area contributed by atoms with Gasteiger partial charge in [-0.25, -0.2) is 19.4 Å². The van der Waals surface area contributed by atoms with E-state index in [1.165, 1.54) is 30.9 Å². The summed E-state index contributed by atoms with van der Waals surface area (Å²) in [6.07, 6.45) is 19.5. The van der Waals surface area contributed by atoms with Crippen molar-refractivity contribution in [3.8, 4) is 11.3 Å². The standard InChI is InChI=1S/C53H69N9O7/c1-31(66-2)57-45(34-14-20-68-21-15-34)50(63)60-30-53(18-19-53)27-43(60)48-55-28-42(58-48)39-11-10-37-24-36(8-9-38(37)25-39)32-4-6-33(7-5-32)44-29-56-49(62(44)54)47-40-12-13-41(26-40)61(47)51(64)46(59-52(65)67-3)35-16-22-69-23-17-35/h4,6-11,24-25,28-29,31-32,34-35,40-41,43,45-47,50,57,63H,5,12-23,26-27,30,54H2,1-3H3,(H,55,58)(H,59,65)/p+1. The molecule has 7 N–H and O–H groups in total. The topological polar surface area (TPSA) is 199 Å². The van der Waals surface area contributed by atoms with Crippen LogP contribution in [0, 0.1) is 23.2 Å². The van der Waals surface area contributed by atoms with Gasteiger partial charge in [0.2, 0.25) is 5.91 Å². The maximum absolute atomic E-state index is 14.5. The van der Waals surface area contributed by atoms with Crippen LogP contribution in [0.4, 0.5) is 4.79 Å². The molecule has 2 saturated carbocycles. The van der Waals surface area contributed by atoms with E-state index in [4.69, 9.17) is 34.8 Å². The van der Waals surface area contributed by atoms with E-state index < -0.39 is 18.4 Å². The quantitative estimate of drug-likeness (QED) is 0.0772. The summed E-state index contributed by atoms with van der Waals surface area (Å²) < 4.78 is 23.6. The second-order valence-electron chi connectivity index (χ2n) is 21.2. The molecule has 4 aliphatic heterocycles. The highest BCUT2D eigenvalue weighted by molar-refractivity contribution is 5.88. The van der Waals surface area contributed by atoms with E-state index in [9.17, 15) is 14.7 Å². The average molecular weight is 945 g/mol. The van der Waals surface area contributed by atoms with E-state index in [-0.39, 0.29) is 59.5 Å². The number of aromatic amines is 1. The van der Waals surface area contributed by atoms with Crippen molar-refractivity contribution >= 4 is 28.3 Å². The molecule has 16 nitrogen and oxygen atoms in total. The van der Waals surface area contributed by atoms with Crippen molar-refractivity contribution < 1.29 is 39.0 Å². The fourth-order valence-electron chi connectivity index (χ4n) is 13.0. The number of carbonyl (C=O) groups excluding carboxylic acids is 2. The number of carbonyl (C=O) groups is 2. The van der Waals surface area contributed by atoms with Crippen LogP contribution in [0.3, 0.4) is 0 Å². The summed E-state index contributed by atoms with van der Waals surface area (Å²) in [5, 5.41) is 19.6. The van der Waals surface area contributed by atoms with Gasteiger partial charge >= 0.3 is 6.09 Å². The van der Waals surface area contributed by atoms with E-state index in [0.717, 1.165) is 98.4 Å². The molecule has 1 spiro atoms. The number of rotatable bonds is 14. The fraction of sp³-hybridized carbons (Fsp3) is 0.585. The lowest BCUT2D eigenvalue weighted by Crippen LogP contribution is -2.99. The van der Waals surface area contributed by atoms with Crippen LogP contribution in [0.5, 0.6) is 0 Å². The summed E-state index contributed by atoms with van der Waals surface area (Å²) in [7, 11) is 3.06. The molecule has 9 unspecified atom stereocenters. The van der Waals surface area contributed by atoms with Crippen molar-refractivity contribution in [1.29, 1.82) is 0 Å². The van der Waals surface area contributed by atoms with Crippen LogP contribution in [-0.4, -0.2) is 124 Å². The number of nitrogen functional groups attached to an aromatic ring is 1. The monoisotopic (exact) mass is 945 g/mol. The molecular formula is C53H70N9O7+. The Labute approximate surface area is 404 Å². The first-order valence-electron chi connectivity index (χ1n) is 25.5. The number of ether oxygens (including phenoxy) is 4. The first-order chi connectivity index (χ1) is 33.6. The molecule has 9 atom stereocenters. The van der Waals surface area contributed by atoms with Crippen LogP contribution >= 0.6 is 0 Å². The number of fused-ring (bicyclic) bond motifs is 3. The lowest BCUT2D eigenvalue weighted by molar-refractivity contribution is -0.765. The SMILES string of the molecule is COC(=O)NC(C(=O)N1C2CCC(C2)C1c1ncc(C2=CCC(c3ccc4cc(-c5cnc(C6CC7(CC7)CN6C(O)C([NH2+]C(C)OC)C6CCOCC6)[nH]5)ccc4c3)C=C2)n1N)C1CCOCC1. The van der Waals surface area contributed by atoms with Crippen LogP contribution in [0.25, 0.3) is 27.6 Å². The van der Waals surface area contributed by atoms with Crippen molar-refractivity contribution in [2.75, 3.05) is 53.0 Å². The normalized spacial score (nSPS) is 27.7. The van der Waals surface area contributed by atoms with E-state index in [1.54, 1.807) is 11.8 Å². The number of imidazole rings is 2.